The summed E-state index contributed by atoms with van der Waals surface area (Å²) in [5, 5.41) is 12.2. The molecular formula is C30H35Cl2N3O3S. The zero-order valence-corrected chi connectivity index (χ0v) is 25.3. The minimum Gasteiger partial charge on any atom is -0.396 e. The first-order chi connectivity index (χ1) is 18.5. The number of allylic oxidation sites excluding steroid dienone is 1. The van der Waals surface area contributed by atoms with Gasteiger partial charge in [0.25, 0.3) is 5.91 Å². The first-order valence-corrected chi connectivity index (χ1v) is 14.9. The number of thioether (sulfide) groups is 1. The molecule has 3 heterocycles. The molecule has 39 heavy (non-hydrogen) atoms. The molecule has 0 radical (unpaired) electrons. The summed E-state index contributed by atoms with van der Waals surface area (Å²) in [4.78, 5) is 24.4. The van der Waals surface area contributed by atoms with E-state index in [1.165, 1.54) is 11.8 Å². The molecular weight excluding hydrogens is 553 g/mol. The van der Waals surface area contributed by atoms with Crippen molar-refractivity contribution in [3.05, 3.63) is 80.3 Å². The summed E-state index contributed by atoms with van der Waals surface area (Å²) >= 11 is 14.0. The summed E-state index contributed by atoms with van der Waals surface area (Å²) in [6.07, 6.45) is 0. The molecule has 3 aliphatic heterocycles. The van der Waals surface area contributed by atoms with E-state index in [2.05, 4.69) is 25.7 Å². The van der Waals surface area contributed by atoms with Crippen molar-refractivity contribution in [2.75, 3.05) is 26.4 Å². The van der Waals surface area contributed by atoms with Crippen molar-refractivity contribution >= 4 is 46.0 Å². The van der Waals surface area contributed by atoms with Crippen LogP contribution in [0.15, 0.2) is 64.1 Å². The number of benzene rings is 2. The Morgan fingerprint density at radius 1 is 1.10 bits per heavy atom. The smallest absolute Gasteiger partial charge is 0.262 e. The lowest BCUT2D eigenvalue weighted by molar-refractivity contribution is -0.159. The van der Waals surface area contributed by atoms with Gasteiger partial charge >= 0.3 is 0 Å². The van der Waals surface area contributed by atoms with Gasteiger partial charge in [-0.2, -0.15) is 0 Å². The number of amides is 1. The molecule has 0 aromatic heterocycles. The zero-order chi connectivity index (χ0) is 28.1. The van der Waals surface area contributed by atoms with E-state index < -0.39 is 11.0 Å². The van der Waals surface area contributed by atoms with Gasteiger partial charge < -0.3 is 19.6 Å². The molecule has 1 saturated heterocycles. The molecule has 0 bridgehead atoms. The highest BCUT2D eigenvalue weighted by molar-refractivity contribution is 8.18. The van der Waals surface area contributed by atoms with Crippen LogP contribution in [0.4, 0.5) is 0 Å². The number of aliphatic hydroxyl groups excluding tert-OH is 1. The Morgan fingerprint density at radius 2 is 1.69 bits per heavy atom. The van der Waals surface area contributed by atoms with Gasteiger partial charge in [-0.15, -0.1) is 0 Å². The fourth-order valence-electron chi connectivity index (χ4n) is 5.67. The molecule has 2 aromatic rings. The predicted molar refractivity (Wildman–Crippen MR) is 159 cm³/mol. The first kappa shape index (κ1) is 28.5. The van der Waals surface area contributed by atoms with Gasteiger partial charge in [-0.25, -0.2) is 4.99 Å². The van der Waals surface area contributed by atoms with E-state index in [0.717, 1.165) is 22.0 Å². The highest BCUT2D eigenvalue weighted by Crippen LogP contribution is 2.56. The third-order valence-electron chi connectivity index (χ3n) is 7.91. The lowest BCUT2D eigenvalue weighted by Crippen LogP contribution is -2.56. The van der Waals surface area contributed by atoms with Crippen LogP contribution in [0.2, 0.25) is 10.0 Å². The van der Waals surface area contributed by atoms with Crippen LogP contribution < -0.4 is 0 Å². The number of aliphatic hydroxyl groups is 1. The molecule has 9 heteroatoms. The predicted octanol–water partition coefficient (Wildman–Crippen LogP) is 6.48. The van der Waals surface area contributed by atoms with Gasteiger partial charge in [-0.05, 0) is 73.8 Å². The topological polar surface area (TPSA) is 65.4 Å². The van der Waals surface area contributed by atoms with E-state index in [9.17, 15) is 9.90 Å². The Balaban J connectivity index is 1.60. The number of fused-ring (bicyclic) bond motifs is 1. The van der Waals surface area contributed by atoms with Crippen molar-refractivity contribution in [3.63, 3.8) is 0 Å². The number of rotatable bonds is 8. The van der Waals surface area contributed by atoms with E-state index >= 15 is 0 Å². The third kappa shape index (κ3) is 5.02. The number of halogens is 2. The maximum absolute atomic E-state index is 14.2. The Kier molecular flexibility index (Phi) is 7.85. The lowest BCUT2D eigenvalue weighted by Gasteiger charge is -2.44. The fourth-order valence-corrected chi connectivity index (χ4v) is 7.28. The SMILES string of the molecule is CC(C)C1=C(C(=O)N(CC2(CO)COC2)C(C)C)SC2=N[C@@](C)(c3ccc(Cl)cc3)[C@@H](c3ccc(Cl)cc3)N21. The number of ether oxygens (including phenoxy) is 1. The van der Waals surface area contributed by atoms with E-state index in [-0.39, 0.29) is 30.5 Å². The zero-order valence-electron chi connectivity index (χ0n) is 22.9. The number of aliphatic imine (C=N–C) groups is 1. The van der Waals surface area contributed by atoms with Gasteiger partial charge in [-0.3, -0.25) is 4.79 Å². The molecule has 2 aromatic carbocycles. The molecule has 1 fully saturated rings. The third-order valence-corrected chi connectivity index (χ3v) is 9.47. The molecule has 0 saturated carbocycles. The number of amidine groups is 1. The molecule has 3 aliphatic rings. The van der Waals surface area contributed by atoms with Crippen molar-refractivity contribution in [2.45, 2.75) is 52.2 Å². The average Bonchev–Trinajstić information content (AvgIpc) is 3.37. The summed E-state index contributed by atoms with van der Waals surface area (Å²) in [5.74, 6) is 0.0398. The summed E-state index contributed by atoms with van der Waals surface area (Å²) in [6.45, 7) is 11.8. The van der Waals surface area contributed by atoms with E-state index in [1.54, 1.807) is 0 Å². The van der Waals surface area contributed by atoms with Crippen LogP contribution in [-0.4, -0.2) is 58.4 Å². The maximum atomic E-state index is 14.2. The number of carbonyl (C=O) groups is 1. The van der Waals surface area contributed by atoms with E-state index in [1.807, 2.05) is 67.3 Å². The maximum Gasteiger partial charge on any atom is 0.262 e. The standard InChI is InChI=1S/C30H35Cl2N3O3S/c1-18(2)24-25(27(37)34(19(3)4)14-30(15-36)16-38-17-30)39-28-33-29(5,21-8-12-23(32)13-9-21)26(35(24)28)20-6-10-22(31)11-7-20/h6-13,18-19,26,36H,14-17H2,1-5H3/t26-,29+/m1/s1. The van der Waals surface area contributed by atoms with E-state index in [0.29, 0.717) is 34.7 Å². The number of nitrogens with zero attached hydrogens (tertiary/aromatic N) is 3. The minimum absolute atomic E-state index is 0.0103. The van der Waals surface area contributed by atoms with Crippen molar-refractivity contribution in [2.24, 2.45) is 16.3 Å². The van der Waals surface area contributed by atoms with Gasteiger partial charge in [-0.1, -0.05) is 61.3 Å². The Hall–Kier alpha value is -2.03. The summed E-state index contributed by atoms with van der Waals surface area (Å²) < 4.78 is 5.42. The summed E-state index contributed by atoms with van der Waals surface area (Å²) in [5.41, 5.74) is 2.06. The summed E-state index contributed by atoms with van der Waals surface area (Å²) in [6, 6.07) is 15.5. The quantitative estimate of drug-likeness (QED) is 0.383. The highest BCUT2D eigenvalue weighted by atomic mass is 35.5. The Morgan fingerprint density at radius 3 is 2.18 bits per heavy atom. The Bertz CT molecular complexity index is 1300. The second-order valence-corrected chi connectivity index (χ2v) is 13.4. The van der Waals surface area contributed by atoms with Gasteiger partial charge in [0.1, 0.15) is 10.4 Å². The van der Waals surface area contributed by atoms with Crippen LogP contribution >= 0.6 is 35.0 Å². The van der Waals surface area contributed by atoms with Crippen molar-refractivity contribution in [1.82, 2.24) is 9.80 Å². The van der Waals surface area contributed by atoms with E-state index in [4.69, 9.17) is 32.9 Å². The molecule has 1 N–H and O–H groups in total. The molecule has 6 nitrogen and oxygen atoms in total. The fraction of sp³-hybridized carbons (Fsp3) is 0.467. The summed E-state index contributed by atoms with van der Waals surface area (Å²) in [7, 11) is 0. The second kappa shape index (κ2) is 10.7. The monoisotopic (exact) mass is 587 g/mol. The van der Waals surface area contributed by atoms with Gasteiger partial charge in [0, 0.05) is 28.3 Å². The molecule has 1 amide bonds. The van der Waals surface area contributed by atoms with Crippen LogP contribution in [-0.2, 0) is 15.1 Å². The average molecular weight is 589 g/mol. The van der Waals surface area contributed by atoms with Crippen LogP contribution in [0.25, 0.3) is 0 Å². The minimum atomic E-state index is -0.614. The van der Waals surface area contributed by atoms with Crippen LogP contribution in [0.5, 0.6) is 0 Å². The van der Waals surface area contributed by atoms with Crippen LogP contribution in [0.1, 0.15) is 51.8 Å². The van der Waals surface area contributed by atoms with Crippen molar-refractivity contribution in [3.8, 4) is 0 Å². The number of hydrogen-bond donors (Lipinski definition) is 1. The molecule has 0 spiro atoms. The molecule has 0 aliphatic carbocycles. The number of carbonyl (C=O) groups excluding carboxylic acids is 1. The Labute approximate surface area is 245 Å². The van der Waals surface area contributed by atoms with Gasteiger partial charge in [0.15, 0.2) is 5.17 Å². The largest absolute Gasteiger partial charge is 0.396 e. The van der Waals surface area contributed by atoms with Crippen LogP contribution in [0, 0.1) is 11.3 Å². The number of hydrogen-bond acceptors (Lipinski definition) is 6. The lowest BCUT2D eigenvalue weighted by atomic mass is 9.81. The first-order valence-electron chi connectivity index (χ1n) is 13.3. The highest BCUT2D eigenvalue weighted by Gasteiger charge is 2.54. The normalized spacial score (nSPS) is 23.8. The second-order valence-electron chi connectivity index (χ2n) is 11.5. The molecule has 2 atom stereocenters. The molecule has 0 unspecified atom stereocenters. The van der Waals surface area contributed by atoms with Crippen LogP contribution in [0.3, 0.4) is 0 Å². The molecule has 208 valence electrons. The van der Waals surface area contributed by atoms with Crippen molar-refractivity contribution in [1.29, 1.82) is 0 Å². The van der Waals surface area contributed by atoms with Gasteiger partial charge in [0.2, 0.25) is 0 Å². The molecule has 5 rings (SSSR count). The van der Waals surface area contributed by atoms with Crippen molar-refractivity contribution < 1.29 is 14.6 Å². The van der Waals surface area contributed by atoms with Gasteiger partial charge in [0.05, 0.1) is 31.3 Å².